The highest BCUT2D eigenvalue weighted by Gasteiger charge is 2.31. The zero-order chi connectivity index (χ0) is 14.9. The summed E-state index contributed by atoms with van der Waals surface area (Å²) in [5.41, 5.74) is 5.32. The first-order valence-electron chi connectivity index (χ1n) is 6.58. The van der Waals surface area contributed by atoms with E-state index in [1.807, 2.05) is 14.0 Å². The van der Waals surface area contributed by atoms with Crippen molar-refractivity contribution in [2.75, 3.05) is 32.4 Å². The first-order chi connectivity index (χ1) is 9.32. The molecule has 1 aromatic rings. The van der Waals surface area contributed by atoms with Crippen molar-refractivity contribution in [1.29, 1.82) is 0 Å². The van der Waals surface area contributed by atoms with Crippen molar-refractivity contribution in [3.05, 3.63) is 24.0 Å². The Kier molecular flexibility index (Phi) is 4.31. The highest BCUT2D eigenvalue weighted by atomic mass is 32.2. The van der Waals surface area contributed by atoms with Gasteiger partial charge < -0.3 is 10.6 Å². The van der Waals surface area contributed by atoms with Gasteiger partial charge in [0.15, 0.2) is 0 Å². The molecule has 1 fully saturated rings. The molecule has 0 aliphatic carbocycles. The molecule has 0 bridgehead atoms. The molecule has 0 aromatic heterocycles. The minimum Gasteiger partial charge on any atom is -0.396 e. The van der Waals surface area contributed by atoms with Crippen molar-refractivity contribution in [3.8, 4) is 0 Å². The molecule has 5 nitrogen and oxygen atoms in total. The summed E-state index contributed by atoms with van der Waals surface area (Å²) in [6, 6.07) is 3.42. The number of hydrogen-bond acceptors (Lipinski definition) is 4. The quantitative estimate of drug-likeness (QED) is 0.831. The van der Waals surface area contributed by atoms with Gasteiger partial charge in [-0.15, -0.1) is 0 Å². The van der Waals surface area contributed by atoms with E-state index in [1.165, 1.54) is 16.4 Å². The van der Waals surface area contributed by atoms with Gasteiger partial charge in [-0.2, -0.15) is 4.31 Å². The molecular weight excluding hydrogens is 281 g/mol. The summed E-state index contributed by atoms with van der Waals surface area (Å²) in [5, 5.41) is 0. The van der Waals surface area contributed by atoms with E-state index in [-0.39, 0.29) is 16.6 Å². The van der Waals surface area contributed by atoms with Crippen LogP contribution >= 0.6 is 0 Å². The Morgan fingerprint density at radius 1 is 1.35 bits per heavy atom. The van der Waals surface area contributed by atoms with Crippen LogP contribution in [0.15, 0.2) is 23.1 Å². The summed E-state index contributed by atoms with van der Waals surface area (Å²) in [4.78, 5) is 2.16. The van der Waals surface area contributed by atoms with Gasteiger partial charge in [0, 0.05) is 19.1 Å². The fourth-order valence-electron chi connectivity index (χ4n) is 2.53. The topological polar surface area (TPSA) is 66.6 Å². The third-order valence-corrected chi connectivity index (χ3v) is 5.57. The van der Waals surface area contributed by atoms with Crippen LogP contribution in [-0.4, -0.2) is 50.3 Å². The maximum atomic E-state index is 13.2. The molecule has 2 N–H and O–H groups in total. The van der Waals surface area contributed by atoms with Crippen LogP contribution < -0.4 is 5.73 Å². The Morgan fingerprint density at radius 2 is 2.05 bits per heavy atom. The van der Waals surface area contributed by atoms with Gasteiger partial charge in [-0.25, -0.2) is 12.8 Å². The minimum atomic E-state index is -3.64. The summed E-state index contributed by atoms with van der Waals surface area (Å²) in [5.74, 6) is -0.604. The Bertz CT molecular complexity index is 591. The molecule has 1 aromatic carbocycles. The van der Waals surface area contributed by atoms with Crippen molar-refractivity contribution >= 4 is 15.7 Å². The number of sulfonamides is 1. The third-order valence-electron chi connectivity index (χ3n) is 3.56. The second-order valence-corrected chi connectivity index (χ2v) is 7.15. The van der Waals surface area contributed by atoms with E-state index in [4.69, 9.17) is 5.73 Å². The molecule has 1 aliphatic rings. The lowest BCUT2D eigenvalue weighted by Gasteiger charge is -2.27. The van der Waals surface area contributed by atoms with Crippen LogP contribution in [0.2, 0.25) is 0 Å². The fourth-order valence-corrected chi connectivity index (χ4v) is 4.22. The van der Waals surface area contributed by atoms with Crippen LogP contribution in [0, 0.1) is 5.82 Å². The molecule has 2 rings (SSSR count). The van der Waals surface area contributed by atoms with Gasteiger partial charge in [-0.1, -0.05) is 0 Å². The van der Waals surface area contributed by atoms with Gasteiger partial charge in [0.2, 0.25) is 10.0 Å². The van der Waals surface area contributed by atoms with Crippen molar-refractivity contribution in [2.24, 2.45) is 0 Å². The first kappa shape index (κ1) is 15.2. The standard InChI is InChI=1S/C13H20FN3O2S/c1-10-9-16(2)6-3-7-17(10)20(18,19)11-4-5-12(14)13(15)8-11/h4-5,8,10H,3,6-7,9,15H2,1-2H3. The Hall–Kier alpha value is -1.18. The summed E-state index contributed by atoms with van der Waals surface area (Å²) in [6.07, 6.45) is 0.775. The lowest BCUT2D eigenvalue weighted by atomic mass is 10.3. The predicted octanol–water partition coefficient (Wildman–Crippen LogP) is 1.12. The average Bonchev–Trinajstić information content (AvgIpc) is 2.53. The lowest BCUT2D eigenvalue weighted by Crippen LogP contribution is -2.41. The molecule has 1 aliphatic heterocycles. The van der Waals surface area contributed by atoms with Gasteiger partial charge in [0.05, 0.1) is 10.6 Å². The number of benzene rings is 1. The number of likely N-dealkylation sites (N-methyl/N-ethyl adjacent to an activating group) is 1. The second-order valence-electron chi connectivity index (χ2n) is 5.26. The van der Waals surface area contributed by atoms with Crippen molar-refractivity contribution in [2.45, 2.75) is 24.3 Å². The van der Waals surface area contributed by atoms with Crippen molar-refractivity contribution < 1.29 is 12.8 Å². The average molecular weight is 301 g/mol. The van der Waals surface area contributed by atoms with E-state index >= 15 is 0 Å². The number of halogens is 1. The van der Waals surface area contributed by atoms with E-state index in [2.05, 4.69) is 4.90 Å². The molecule has 112 valence electrons. The van der Waals surface area contributed by atoms with E-state index in [9.17, 15) is 12.8 Å². The maximum Gasteiger partial charge on any atom is 0.243 e. The Labute approximate surface area is 119 Å². The number of anilines is 1. The fraction of sp³-hybridized carbons (Fsp3) is 0.538. The van der Waals surface area contributed by atoms with Crippen LogP contribution in [0.4, 0.5) is 10.1 Å². The summed E-state index contributed by atoms with van der Waals surface area (Å²) in [7, 11) is -1.66. The van der Waals surface area contributed by atoms with E-state index in [0.29, 0.717) is 13.1 Å². The maximum absolute atomic E-state index is 13.2. The monoisotopic (exact) mass is 301 g/mol. The SMILES string of the molecule is CC1CN(C)CCCN1S(=O)(=O)c1ccc(F)c(N)c1. The predicted molar refractivity (Wildman–Crippen MR) is 76.3 cm³/mol. The van der Waals surface area contributed by atoms with Gasteiger partial charge in [0.1, 0.15) is 5.82 Å². The lowest BCUT2D eigenvalue weighted by molar-refractivity contribution is 0.290. The van der Waals surface area contributed by atoms with Crippen LogP contribution in [0.1, 0.15) is 13.3 Å². The number of nitrogens with zero attached hydrogens (tertiary/aromatic N) is 2. The van der Waals surface area contributed by atoms with Crippen LogP contribution in [0.5, 0.6) is 0 Å². The smallest absolute Gasteiger partial charge is 0.243 e. The number of nitrogen functional groups attached to an aromatic ring is 1. The second kappa shape index (κ2) is 5.67. The molecule has 20 heavy (non-hydrogen) atoms. The molecular formula is C13H20FN3O2S. The minimum absolute atomic E-state index is 0.0489. The third kappa shape index (κ3) is 2.94. The summed E-state index contributed by atoms with van der Waals surface area (Å²) >= 11 is 0. The molecule has 7 heteroatoms. The van der Waals surface area contributed by atoms with Gasteiger partial charge in [0.25, 0.3) is 0 Å². The molecule has 1 heterocycles. The number of hydrogen-bond donors (Lipinski definition) is 1. The summed E-state index contributed by atoms with van der Waals surface area (Å²) < 4.78 is 40.0. The van der Waals surface area contributed by atoms with E-state index < -0.39 is 15.8 Å². The molecule has 1 atom stereocenters. The van der Waals surface area contributed by atoms with Gasteiger partial charge in [-0.05, 0) is 45.1 Å². The van der Waals surface area contributed by atoms with Crippen LogP contribution in [-0.2, 0) is 10.0 Å². The molecule has 1 saturated heterocycles. The molecule has 1 unspecified atom stereocenters. The van der Waals surface area contributed by atoms with Crippen molar-refractivity contribution in [1.82, 2.24) is 9.21 Å². The highest BCUT2D eigenvalue weighted by Crippen LogP contribution is 2.23. The Balaban J connectivity index is 2.35. The largest absolute Gasteiger partial charge is 0.396 e. The van der Waals surface area contributed by atoms with Crippen molar-refractivity contribution in [3.63, 3.8) is 0 Å². The summed E-state index contributed by atoms with van der Waals surface area (Å²) in [6.45, 7) is 3.88. The zero-order valence-corrected chi connectivity index (χ0v) is 12.5. The van der Waals surface area contributed by atoms with Gasteiger partial charge in [-0.3, -0.25) is 0 Å². The molecule has 0 amide bonds. The van der Waals surface area contributed by atoms with Crippen LogP contribution in [0.25, 0.3) is 0 Å². The Morgan fingerprint density at radius 3 is 2.70 bits per heavy atom. The van der Waals surface area contributed by atoms with Gasteiger partial charge >= 0.3 is 0 Å². The van der Waals surface area contributed by atoms with E-state index in [0.717, 1.165) is 19.0 Å². The number of nitrogens with two attached hydrogens (primary N) is 1. The molecule has 0 radical (unpaired) electrons. The molecule has 0 spiro atoms. The normalized spacial score (nSPS) is 22.6. The molecule has 0 saturated carbocycles. The zero-order valence-electron chi connectivity index (χ0n) is 11.7. The number of rotatable bonds is 2. The van der Waals surface area contributed by atoms with E-state index in [1.54, 1.807) is 0 Å². The highest BCUT2D eigenvalue weighted by molar-refractivity contribution is 7.89. The first-order valence-corrected chi connectivity index (χ1v) is 8.02. The van der Waals surface area contributed by atoms with Crippen LogP contribution in [0.3, 0.4) is 0 Å².